The first-order valence-electron chi connectivity index (χ1n) is 10.8. The van der Waals surface area contributed by atoms with Crippen LogP contribution < -0.4 is 0 Å². The molecule has 2 aliphatic carbocycles. The number of ether oxygens (including phenoxy) is 1. The molecule has 0 amide bonds. The van der Waals surface area contributed by atoms with Gasteiger partial charge in [-0.15, -0.1) is 0 Å². The Morgan fingerprint density at radius 1 is 0.920 bits per heavy atom. The van der Waals surface area contributed by atoms with Gasteiger partial charge in [0.15, 0.2) is 0 Å². The van der Waals surface area contributed by atoms with E-state index in [4.69, 9.17) is 4.74 Å². The van der Waals surface area contributed by atoms with E-state index in [0.717, 1.165) is 31.6 Å². The van der Waals surface area contributed by atoms with Crippen LogP contribution >= 0.6 is 0 Å². The predicted molar refractivity (Wildman–Crippen MR) is 101 cm³/mol. The summed E-state index contributed by atoms with van der Waals surface area (Å²) in [6, 6.07) is 0. The van der Waals surface area contributed by atoms with Gasteiger partial charge in [0.25, 0.3) is 0 Å². The summed E-state index contributed by atoms with van der Waals surface area (Å²) in [5.41, 5.74) is 0. The maximum Gasteiger partial charge on any atom is 0.316 e. The Balaban J connectivity index is 1.70. The third kappa shape index (κ3) is 6.42. The summed E-state index contributed by atoms with van der Waals surface area (Å²) in [5.74, 6) is 1.56. The van der Waals surface area contributed by atoms with E-state index in [0.29, 0.717) is 31.3 Å². The molecule has 0 bridgehead atoms. The SMILES string of the molecule is CCCCCOC(=O)C1CCC(C2CCC(CCCC)CC2)CC1=O. The van der Waals surface area contributed by atoms with E-state index in [2.05, 4.69) is 13.8 Å². The second-order valence-electron chi connectivity index (χ2n) is 8.36. The van der Waals surface area contributed by atoms with E-state index < -0.39 is 5.92 Å². The highest BCUT2D eigenvalue weighted by Gasteiger charge is 2.38. The minimum absolute atomic E-state index is 0.143. The number of carbonyl (C=O) groups is 2. The van der Waals surface area contributed by atoms with Crippen molar-refractivity contribution in [2.24, 2.45) is 23.7 Å². The summed E-state index contributed by atoms with van der Waals surface area (Å²) in [7, 11) is 0. The largest absolute Gasteiger partial charge is 0.465 e. The smallest absolute Gasteiger partial charge is 0.316 e. The molecule has 0 aliphatic heterocycles. The molecule has 0 aromatic rings. The number of carbonyl (C=O) groups excluding carboxylic acids is 2. The zero-order valence-electron chi connectivity index (χ0n) is 16.4. The van der Waals surface area contributed by atoms with Crippen molar-refractivity contribution < 1.29 is 14.3 Å². The quantitative estimate of drug-likeness (QED) is 0.304. The van der Waals surface area contributed by atoms with E-state index in [1.54, 1.807) is 0 Å². The molecule has 2 fully saturated rings. The fourth-order valence-electron chi connectivity index (χ4n) is 4.76. The third-order valence-electron chi connectivity index (χ3n) is 6.48. The molecule has 0 radical (unpaired) electrons. The minimum atomic E-state index is -0.473. The van der Waals surface area contributed by atoms with Crippen LogP contribution in [0, 0.1) is 23.7 Å². The Morgan fingerprint density at radius 3 is 2.24 bits per heavy atom. The summed E-state index contributed by atoms with van der Waals surface area (Å²) in [6.07, 6.45) is 14.8. The summed E-state index contributed by atoms with van der Waals surface area (Å²) in [4.78, 5) is 24.6. The van der Waals surface area contributed by atoms with Gasteiger partial charge in [-0.3, -0.25) is 9.59 Å². The molecule has 2 unspecified atom stereocenters. The second kappa shape index (κ2) is 11.0. The van der Waals surface area contributed by atoms with Crippen molar-refractivity contribution in [2.45, 2.75) is 97.3 Å². The molecular formula is C22H38O3. The van der Waals surface area contributed by atoms with Crippen molar-refractivity contribution in [3.8, 4) is 0 Å². The van der Waals surface area contributed by atoms with E-state index in [-0.39, 0.29) is 11.8 Å². The first-order chi connectivity index (χ1) is 12.2. The highest BCUT2D eigenvalue weighted by Crippen LogP contribution is 2.41. The first-order valence-corrected chi connectivity index (χ1v) is 10.8. The van der Waals surface area contributed by atoms with Gasteiger partial charge in [0.2, 0.25) is 0 Å². The van der Waals surface area contributed by atoms with Gasteiger partial charge in [0.1, 0.15) is 11.7 Å². The molecular weight excluding hydrogens is 312 g/mol. The normalized spacial score (nSPS) is 30.2. The summed E-state index contributed by atoms with van der Waals surface area (Å²) < 4.78 is 5.33. The van der Waals surface area contributed by atoms with Gasteiger partial charge in [-0.1, -0.05) is 58.8 Å². The van der Waals surface area contributed by atoms with Gasteiger partial charge < -0.3 is 4.74 Å². The minimum Gasteiger partial charge on any atom is -0.465 e. The average Bonchev–Trinajstić information content (AvgIpc) is 2.63. The summed E-state index contributed by atoms with van der Waals surface area (Å²) in [5, 5.41) is 0. The molecule has 3 heteroatoms. The standard InChI is InChI=1S/C22H38O3/c1-3-5-7-15-25-22(24)20-14-13-19(16-21(20)23)18-11-9-17(10-12-18)8-6-4-2/h17-20H,3-16H2,1-2H3. The number of Topliss-reactive ketones (excluding diaryl/α,β-unsaturated/α-hetero) is 1. The van der Waals surface area contributed by atoms with Crippen LogP contribution in [0.3, 0.4) is 0 Å². The molecule has 0 aromatic carbocycles. The third-order valence-corrected chi connectivity index (χ3v) is 6.48. The first kappa shape index (κ1) is 20.5. The molecule has 0 heterocycles. The number of unbranched alkanes of at least 4 members (excludes halogenated alkanes) is 3. The highest BCUT2D eigenvalue weighted by atomic mass is 16.5. The van der Waals surface area contributed by atoms with E-state index in [9.17, 15) is 9.59 Å². The Morgan fingerprint density at radius 2 is 1.60 bits per heavy atom. The van der Waals surface area contributed by atoms with Crippen molar-refractivity contribution in [1.29, 1.82) is 0 Å². The maximum absolute atomic E-state index is 12.5. The van der Waals surface area contributed by atoms with Crippen molar-refractivity contribution in [2.75, 3.05) is 6.61 Å². The number of rotatable bonds is 9. The molecule has 0 saturated heterocycles. The van der Waals surface area contributed by atoms with Crippen LogP contribution in [-0.4, -0.2) is 18.4 Å². The van der Waals surface area contributed by atoms with Gasteiger partial charge >= 0.3 is 5.97 Å². The van der Waals surface area contributed by atoms with E-state index in [1.165, 1.54) is 44.9 Å². The summed E-state index contributed by atoms with van der Waals surface area (Å²) in [6.45, 7) is 4.87. The monoisotopic (exact) mass is 350 g/mol. The number of esters is 1. The van der Waals surface area contributed by atoms with Gasteiger partial charge in [-0.25, -0.2) is 0 Å². The van der Waals surface area contributed by atoms with Crippen LogP contribution in [0.2, 0.25) is 0 Å². The van der Waals surface area contributed by atoms with Crippen LogP contribution in [0.5, 0.6) is 0 Å². The number of ketones is 1. The van der Waals surface area contributed by atoms with Gasteiger partial charge in [-0.05, 0) is 49.9 Å². The van der Waals surface area contributed by atoms with Crippen molar-refractivity contribution in [3.05, 3.63) is 0 Å². The Hall–Kier alpha value is -0.860. The second-order valence-corrected chi connectivity index (χ2v) is 8.36. The van der Waals surface area contributed by atoms with Crippen LogP contribution in [0.15, 0.2) is 0 Å². The lowest BCUT2D eigenvalue weighted by atomic mass is 9.68. The van der Waals surface area contributed by atoms with Gasteiger partial charge in [-0.2, -0.15) is 0 Å². The van der Waals surface area contributed by atoms with Gasteiger partial charge in [0.05, 0.1) is 6.61 Å². The Labute approximate surface area is 154 Å². The molecule has 0 spiro atoms. The molecule has 2 saturated carbocycles. The zero-order chi connectivity index (χ0) is 18.1. The average molecular weight is 351 g/mol. The summed E-state index contributed by atoms with van der Waals surface area (Å²) >= 11 is 0. The maximum atomic E-state index is 12.5. The molecule has 0 aromatic heterocycles. The lowest BCUT2D eigenvalue weighted by Crippen LogP contribution is -2.35. The lowest BCUT2D eigenvalue weighted by Gasteiger charge is -2.36. The fraction of sp³-hybridized carbons (Fsp3) is 0.909. The fourth-order valence-corrected chi connectivity index (χ4v) is 4.76. The molecule has 25 heavy (non-hydrogen) atoms. The molecule has 3 nitrogen and oxygen atoms in total. The Kier molecular flexibility index (Phi) is 8.98. The van der Waals surface area contributed by atoms with E-state index >= 15 is 0 Å². The Bertz CT molecular complexity index is 409. The molecule has 144 valence electrons. The molecule has 2 aliphatic rings. The molecule has 2 rings (SSSR count). The van der Waals surface area contributed by atoms with Crippen LogP contribution in [0.25, 0.3) is 0 Å². The van der Waals surface area contributed by atoms with Crippen LogP contribution in [-0.2, 0) is 14.3 Å². The lowest BCUT2D eigenvalue weighted by molar-refractivity contribution is -0.154. The number of hydrogen-bond donors (Lipinski definition) is 0. The highest BCUT2D eigenvalue weighted by molar-refractivity contribution is 5.99. The van der Waals surface area contributed by atoms with Crippen molar-refractivity contribution in [1.82, 2.24) is 0 Å². The van der Waals surface area contributed by atoms with Crippen molar-refractivity contribution >= 4 is 11.8 Å². The van der Waals surface area contributed by atoms with E-state index in [1.807, 2.05) is 0 Å². The number of hydrogen-bond acceptors (Lipinski definition) is 3. The molecule has 2 atom stereocenters. The van der Waals surface area contributed by atoms with Crippen LogP contribution in [0.1, 0.15) is 97.3 Å². The van der Waals surface area contributed by atoms with Crippen molar-refractivity contribution in [3.63, 3.8) is 0 Å². The topological polar surface area (TPSA) is 43.4 Å². The zero-order valence-corrected chi connectivity index (χ0v) is 16.4. The molecule has 0 N–H and O–H groups in total. The van der Waals surface area contributed by atoms with Crippen LogP contribution in [0.4, 0.5) is 0 Å². The predicted octanol–water partition coefficient (Wildman–Crippen LogP) is 5.70. The van der Waals surface area contributed by atoms with Gasteiger partial charge in [0, 0.05) is 6.42 Å².